The predicted molar refractivity (Wildman–Crippen MR) is 230 cm³/mol. The Bertz CT molecular complexity index is 2610. The van der Waals surface area contributed by atoms with Gasteiger partial charge in [0.25, 0.3) is 0 Å². The molecule has 7 aromatic rings. The van der Waals surface area contributed by atoms with Gasteiger partial charge in [-0.1, -0.05) is 130 Å². The van der Waals surface area contributed by atoms with Crippen molar-refractivity contribution < 1.29 is 4.42 Å². The molecular weight excluding hydrogens is 655 g/mol. The van der Waals surface area contributed by atoms with Gasteiger partial charge in [0.2, 0.25) is 0 Å². The van der Waals surface area contributed by atoms with E-state index >= 15 is 0 Å². The number of furan rings is 1. The lowest BCUT2D eigenvalue weighted by molar-refractivity contribution is 0.600. The quantitative estimate of drug-likeness (QED) is 0.157. The van der Waals surface area contributed by atoms with Crippen LogP contribution >= 0.6 is 0 Å². The van der Waals surface area contributed by atoms with E-state index in [1.54, 1.807) is 0 Å². The van der Waals surface area contributed by atoms with Crippen molar-refractivity contribution in [2.75, 3.05) is 4.90 Å². The monoisotopic (exact) mass is 699 g/mol. The summed E-state index contributed by atoms with van der Waals surface area (Å²) in [5.41, 5.74) is 18.3. The molecule has 2 nitrogen and oxygen atoms in total. The summed E-state index contributed by atoms with van der Waals surface area (Å²) >= 11 is 0. The lowest BCUT2D eigenvalue weighted by Gasteiger charge is -2.26. The Kier molecular flexibility index (Phi) is 8.55. The molecule has 0 atom stereocenters. The van der Waals surface area contributed by atoms with Crippen LogP contribution in [0.1, 0.15) is 68.6 Å². The van der Waals surface area contributed by atoms with Gasteiger partial charge in [-0.15, -0.1) is 0 Å². The highest BCUT2D eigenvalue weighted by atomic mass is 16.3. The smallest absolute Gasteiger partial charge is 0.142 e. The average Bonchev–Trinajstić information content (AvgIpc) is 3.69. The van der Waals surface area contributed by atoms with Gasteiger partial charge in [-0.3, -0.25) is 0 Å². The molecule has 54 heavy (non-hydrogen) atoms. The number of nitrogens with zero attached hydrogens (tertiary/aromatic N) is 1. The second-order valence-electron chi connectivity index (χ2n) is 15.0. The number of fused-ring (bicyclic) bond motifs is 4. The number of anilines is 3. The lowest BCUT2D eigenvalue weighted by atomic mass is 9.81. The normalized spacial score (nSPS) is 14.3. The van der Waals surface area contributed by atoms with Crippen molar-refractivity contribution in [2.24, 2.45) is 0 Å². The number of rotatable bonds is 8. The van der Waals surface area contributed by atoms with Crippen molar-refractivity contribution in [3.05, 3.63) is 186 Å². The highest BCUT2D eigenvalue weighted by molar-refractivity contribution is 5.97. The fraction of sp³-hybridized carbons (Fsp3) is 0.154. The van der Waals surface area contributed by atoms with Crippen LogP contribution in [0, 0.1) is 0 Å². The molecule has 0 saturated heterocycles. The maximum Gasteiger partial charge on any atom is 0.142 e. The van der Waals surface area contributed by atoms with E-state index in [-0.39, 0.29) is 5.41 Å². The molecule has 1 aromatic heterocycles. The largest absolute Gasteiger partial charge is 0.456 e. The van der Waals surface area contributed by atoms with Gasteiger partial charge in [-0.25, -0.2) is 0 Å². The Hall–Kier alpha value is -6.12. The SMILES string of the molecule is C/C=C\c1oc2c(-c3cccc(N(c4ccccc4)c4ccc(-c5ccc6c(c5)-c5ccc(C7=CCCC=C7)cc5C6(C)C)cc4)c3)cccc2c1CC. The van der Waals surface area contributed by atoms with E-state index in [9.17, 15) is 0 Å². The molecule has 0 N–H and O–H groups in total. The van der Waals surface area contributed by atoms with Crippen LogP contribution in [0.4, 0.5) is 17.1 Å². The zero-order valence-electron chi connectivity index (χ0n) is 31.6. The number of hydrogen-bond donors (Lipinski definition) is 0. The molecule has 0 unspecified atom stereocenters. The molecule has 0 radical (unpaired) electrons. The number of hydrogen-bond acceptors (Lipinski definition) is 2. The van der Waals surface area contributed by atoms with Crippen molar-refractivity contribution in [1.82, 2.24) is 0 Å². The second-order valence-corrected chi connectivity index (χ2v) is 15.0. The van der Waals surface area contributed by atoms with Crippen LogP contribution in [0.3, 0.4) is 0 Å². The number of allylic oxidation sites excluding steroid dienone is 5. The first-order valence-corrected chi connectivity index (χ1v) is 19.3. The summed E-state index contributed by atoms with van der Waals surface area (Å²) in [6, 6.07) is 49.1. The van der Waals surface area contributed by atoms with Crippen LogP contribution in [0.25, 0.3) is 56.0 Å². The van der Waals surface area contributed by atoms with Gasteiger partial charge in [0, 0.05) is 39.0 Å². The van der Waals surface area contributed by atoms with E-state index in [2.05, 4.69) is 183 Å². The molecule has 0 amide bonds. The van der Waals surface area contributed by atoms with E-state index in [0.29, 0.717) is 0 Å². The third-order valence-corrected chi connectivity index (χ3v) is 11.4. The average molecular weight is 700 g/mol. The van der Waals surface area contributed by atoms with Crippen molar-refractivity contribution in [3.8, 4) is 33.4 Å². The van der Waals surface area contributed by atoms with Gasteiger partial charge in [-0.2, -0.15) is 0 Å². The molecule has 0 spiro atoms. The minimum atomic E-state index is -0.0532. The van der Waals surface area contributed by atoms with Crippen LogP contribution in [0.15, 0.2) is 162 Å². The standard InChI is InChI=1S/C52H45NO/c1-5-15-50-43(6-2)46-23-14-22-44(51(46)54-50)39-18-13-21-42(32-39)53(40-19-11-8-12-20-40)41-28-24-36(25-29-41)37-27-31-48-47(33-37)45-30-26-38(34-49(45)52(48,3)4)35-16-9-7-10-17-35/h5,8-9,11-34H,6-7,10H2,1-4H3/b15-5-. The van der Waals surface area contributed by atoms with Crippen LogP contribution < -0.4 is 4.90 Å². The maximum atomic E-state index is 6.52. The third-order valence-electron chi connectivity index (χ3n) is 11.4. The molecule has 2 aliphatic carbocycles. The topological polar surface area (TPSA) is 16.4 Å². The molecule has 0 aliphatic heterocycles. The molecule has 6 aromatic carbocycles. The van der Waals surface area contributed by atoms with Crippen molar-refractivity contribution in [1.29, 1.82) is 0 Å². The molecular formula is C52H45NO. The summed E-state index contributed by atoms with van der Waals surface area (Å²) in [5, 5.41) is 1.18. The molecule has 1 heterocycles. The highest BCUT2D eigenvalue weighted by Crippen LogP contribution is 2.50. The molecule has 9 rings (SSSR count). The molecule has 2 aliphatic rings. The first-order valence-electron chi connectivity index (χ1n) is 19.3. The summed E-state index contributed by atoms with van der Waals surface area (Å²) in [6.45, 7) is 8.97. The van der Waals surface area contributed by atoms with Crippen molar-refractivity contribution in [3.63, 3.8) is 0 Å². The zero-order valence-corrected chi connectivity index (χ0v) is 31.6. The van der Waals surface area contributed by atoms with Gasteiger partial charge < -0.3 is 9.32 Å². The van der Waals surface area contributed by atoms with Crippen LogP contribution in [0.2, 0.25) is 0 Å². The molecule has 0 saturated carbocycles. The number of para-hydroxylation sites is 2. The van der Waals surface area contributed by atoms with Crippen molar-refractivity contribution in [2.45, 2.75) is 52.4 Å². The van der Waals surface area contributed by atoms with Gasteiger partial charge in [0.15, 0.2) is 0 Å². The summed E-state index contributed by atoms with van der Waals surface area (Å²) in [5.74, 6) is 0.945. The van der Waals surface area contributed by atoms with E-state index in [1.165, 1.54) is 55.5 Å². The van der Waals surface area contributed by atoms with Crippen LogP contribution in [0.5, 0.6) is 0 Å². The molecule has 0 bridgehead atoms. The summed E-state index contributed by atoms with van der Waals surface area (Å²) in [6.07, 6.45) is 14.2. The van der Waals surface area contributed by atoms with Crippen LogP contribution in [-0.2, 0) is 11.8 Å². The lowest BCUT2D eigenvalue weighted by Crippen LogP contribution is -2.15. The Morgan fingerprint density at radius 2 is 1.39 bits per heavy atom. The predicted octanol–water partition coefficient (Wildman–Crippen LogP) is 14.9. The van der Waals surface area contributed by atoms with E-state index in [0.717, 1.165) is 58.8 Å². The molecule has 0 fully saturated rings. The molecule has 2 heteroatoms. The van der Waals surface area contributed by atoms with E-state index in [4.69, 9.17) is 4.42 Å². The van der Waals surface area contributed by atoms with Crippen LogP contribution in [-0.4, -0.2) is 0 Å². The zero-order chi connectivity index (χ0) is 36.8. The number of benzene rings is 6. The summed E-state index contributed by atoms with van der Waals surface area (Å²) < 4.78 is 6.52. The van der Waals surface area contributed by atoms with Gasteiger partial charge in [0.05, 0.1) is 0 Å². The minimum absolute atomic E-state index is 0.0532. The summed E-state index contributed by atoms with van der Waals surface area (Å²) in [4.78, 5) is 2.34. The van der Waals surface area contributed by atoms with Gasteiger partial charge in [-0.05, 0) is 131 Å². The summed E-state index contributed by atoms with van der Waals surface area (Å²) in [7, 11) is 0. The van der Waals surface area contributed by atoms with Gasteiger partial charge in [0.1, 0.15) is 11.3 Å². The van der Waals surface area contributed by atoms with Gasteiger partial charge >= 0.3 is 0 Å². The Labute approximate surface area is 319 Å². The van der Waals surface area contributed by atoms with Crippen molar-refractivity contribution >= 4 is 39.7 Å². The van der Waals surface area contributed by atoms with E-state index in [1.807, 2.05) is 13.0 Å². The Morgan fingerprint density at radius 3 is 2.17 bits per heavy atom. The second kappa shape index (κ2) is 13.7. The first kappa shape index (κ1) is 33.7. The Morgan fingerprint density at radius 1 is 0.630 bits per heavy atom. The first-order chi connectivity index (χ1) is 26.4. The number of aryl methyl sites for hydroxylation is 1. The highest BCUT2D eigenvalue weighted by Gasteiger charge is 2.36. The maximum absolute atomic E-state index is 6.52. The fourth-order valence-electron chi connectivity index (χ4n) is 8.65. The molecule has 264 valence electrons. The van der Waals surface area contributed by atoms with E-state index < -0.39 is 0 Å². The fourth-order valence-corrected chi connectivity index (χ4v) is 8.65. The minimum Gasteiger partial charge on any atom is -0.456 e. The third kappa shape index (κ3) is 5.74. The Balaban J connectivity index is 1.08.